The van der Waals surface area contributed by atoms with E-state index >= 15 is 0 Å². The van der Waals surface area contributed by atoms with Crippen molar-refractivity contribution in [1.82, 2.24) is 9.78 Å². The zero-order valence-corrected chi connectivity index (χ0v) is 5.17. The molecule has 0 aromatic carbocycles. The fourth-order valence-corrected chi connectivity index (χ4v) is 0.590. The van der Waals surface area contributed by atoms with Gasteiger partial charge in [-0.2, -0.15) is 13.9 Å². The summed E-state index contributed by atoms with van der Waals surface area (Å²) in [6.45, 7) is -2.33. The smallest absolute Gasteiger partial charge is 0.326 e. The van der Waals surface area contributed by atoms with Crippen LogP contribution >= 0.6 is 0 Å². The van der Waals surface area contributed by atoms with Crippen molar-refractivity contribution < 1.29 is 8.78 Å². The molecule has 0 radical (unpaired) electrons. The van der Waals surface area contributed by atoms with Gasteiger partial charge >= 0.3 is 6.55 Å². The predicted octanol–water partition coefficient (Wildman–Crippen LogP) is 0.737. The summed E-state index contributed by atoms with van der Waals surface area (Å²) in [5.41, 5.74) is 5.78. The molecule has 0 saturated carbocycles. The average molecular weight is 147 g/mol. The highest BCUT2D eigenvalue weighted by Gasteiger charge is 2.05. The summed E-state index contributed by atoms with van der Waals surface area (Å²) in [4.78, 5) is 0. The minimum Gasteiger partial charge on any atom is -0.326 e. The van der Waals surface area contributed by atoms with E-state index in [0.717, 1.165) is 0 Å². The zero-order valence-electron chi connectivity index (χ0n) is 5.17. The zero-order chi connectivity index (χ0) is 7.56. The Morgan fingerprint density at radius 3 is 2.70 bits per heavy atom. The molecule has 1 aromatic rings. The first-order valence-electron chi connectivity index (χ1n) is 2.75. The Hall–Kier alpha value is -0.970. The Morgan fingerprint density at radius 1 is 1.70 bits per heavy atom. The lowest BCUT2D eigenvalue weighted by Crippen LogP contribution is -1.98. The van der Waals surface area contributed by atoms with Gasteiger partial charge in [0, 0.05) is 18.3 Å². The van der Waals surface area contributed by atoms with Gasteiger partial charge in [0.1, 0.15) is 0 Å². The summed E-state index contributed by atoms with van der Waals surface area (Å²) in [5, 5.41) is 3.37. The van der Waals surface area contributed by atoms with Gasteiger partial charge < -0.3 is 5.73 Å². The molecule has 0 aliphatic carbocycles. The van der Waals surface area contributed by atoms with Gasteiger partial charge in [-0.1, -0.05) is 0 Å². The van der Waals surface area contributed by atoms with E-state index in [1.807, 2.05) is 0 Å². The largest absolute Gasteiger partial charge is 0.333 e. The van der Waals surface area contributed by atoms with Gasteiger partial charge in [0.25, 0.3) is 0 Å². The molecule has 1 heterocycles. The SMILES string of the molecule is NCc1cnn(C(F)F)c1. The molecular weight excluding hydrogens is 140 g/mol. The number of alkyl halides is 2. The third kappa shape index (κ3) is 1.30. The third-order valence-corrected chi connectivity index (χ3v) is 1.09. The Balaban J connectivity index is 2.78. The molecule has 56 valence electrons. The maximum Gasteiger partial charge on any atom is 0.333 e. The summed E-state index contributed by atoms with van der Waals surface area (Å²) in [6.07, 6.45) is 2.55. The molecule has 0 saturated heterocycles. The molecule has 10 heavy (non-hydrogen) atoms. The second kappa shape index (κ2) is 2.74. The average Bonchev–Trinajstić information content (AvgIpc) is 2.34. The Morgan fingerprint density at radius 2 is 2.40 bits per heavy atom. The number of nitrogens with two attached hydrogens (primary N) is 1. The maximum atomic E-state index is 11.8. The molecule has 0 unspecified atom stereocenters. The summed E-state index contributed by atoms with van der Waals surface area (Å²) < 4.78 is 24.1. The molecule has 0 fully saturated rings. The van der Waals surface area contributed by atoms with Crippen LogP contribution in [0, 0.1) is 0 Å². The standard InChI is InChI=1S/C5H7F2N3/c6-5(7)10-3-4(1-8)2-9-10/h2-3,5H,1,8H2. The first-order chi connectivity index (χ1) is 4.74. The van der Waals surface area contributed by atoms with Crippen LogP contribution in [0.4, 0.5) is 8.78 Å². The molecule has 0 atom stereocenters. The number of aromatic nitrogens is 2. The molecular formula is C5H7F2N3. The fraction of sp³-hybridized carbons (Fsp3) is 0.400. The molecule has 0 aliphatic heterocycles. The summed E-state index contributed by atoms with van der Waals surface area (Å²) in [7, 11) is 0. The van der Waals surface area contributed by atoms with Crippen LogP contribution in [0.1, 0.15) is 12.1 Å². The van der Waals surface area contributed by atoms with Gasteiger partial charge in [0.2, 0.25) is 0 Å². The van der Waals surface area contributed by atoms with E-state index in [2.05, 4.69) is 5.10 Å². The Kier molecular flexibility index (Phi) is 1.96. The van der Waals surface area contributed by atoms with E-state index < -0.39 is 6.55 Å². The van der Waals surface area contributed by atoms with E-state index in [0.29, 0.717) is 10.2 Å². The topological polar surface area (TPSA) is 43.8 Å². The number of rotatable bonds is 2. The van der Waals surface area contributed by atoms with Crippen LogP contribution < -0.4 is 5.73 Å². The van der Waals surface area contributed by atoms with Crippen LogP contribution in [0.15, 0.2) is 12.4 Å². The van der Waals surface area contributed by atoms with Crippen molar-refractivity contribution >= 4 is 0 Å². The second-order valence-corrected chi connectivity index (χ2v) is 1.81. The lowest BCUT2D eigenvalue weighted by atomic mass is 10.4. The highest BCUT2D eigenvalue weighted by atomic mass is 19.3. The van der Waals surface area contributed by atoms with Crippen LogP contribution in [0.25, 0.3) is 0 Å². The lowest BCUT2D eigenvalue weighted by Gasteiger charge is -1.94. The van der Waals surface area contributed by atoms with E-state index in [4.69, 9.17) is 5.73 Å². The molecule has 2 N–H and O–H groups in total. The van der Waals surface area contributed by atoms with Gasteiger partial charge in [-0.25, -0.2) is 4.68 Å². The van der Waals surface area contributed by atoms with Crippen molar-refractivity contribution in [2.24, 2.45) is 5.73 Å². The first kappa shape index (κ1) is 7.14. The molecule has 0 bridgehead atoms. The third-order valence-electron chi connectivity index (χ3n) is 1.09. The minimum absolute atomic E-state index is 0.243. The molecule has 5 heteroatoms. The normalized spacial score (nSPS) is 10.8. The molecule has 1 aromatic heterocycles. The minimum atomic E-state index is -2.57. The molecule has 1 rings (SSSR count). The van der Waals surface area contributed by atoms with Crippen LogP contribution in [-0.4, -0.2) is 9.78 Å². The van der Waals surface area contributed by atoms with Crippen molar-refractivity contribution in [3.63, 3.8) is 0 Å². The Bertz CT molecular complexity index is 208. The van der Waals surface area contributed by atoms with Crippen molar-refractivity contribution in [2.45, 2.75) is 13.1 Å². The Labute approximate surface area is 56.4 Å². The van der Waals surface area contributed by atoms with Crippen molar-refractivity contribution in [3.8, 4) is 0 Å². The van der Waals surface area contributed by atoms with E-state index in [9.17, 15) is 8.78 Å². The monoisotopic (exact) mass is 147 g/mol. The van der Waals surface area contributed by atoms with Gasteiger partial charge in [0.15, 0.2) is 0 Å². The van der Waals surface area contributed by atoms with Crippen molar-refractivity contribution in [3.05, 3.63) is 18.0 Å². The van der Waals surface area contributed by atoms with E-state index in [1.54, 1.807) is 0 Å². The number of hydrogen-bond donors (Lipinski definition) is 1. The number of nitrogens with zero attached hydrogens (tertiary/aromatic N) is 2. The van der Waals surface area contributed by atoms with Gasteiger partial charge in [-0.3, -0.25) is 0 Å². The van der Waals surface area contributed by atoms with Crippen LogP contribution in [0.3, 0.4) is 0 Å². The van der Waals surface area contributed by atoms with Crippen LogP contribution in [-0.2, 0) is 6.54 Å². The van der Waals surface area contributed by atoms with Crippen LogP contribution in [0.5, 0.6) is 0 Å². The van der Waals surface area contributed by atoms with E-state index in [1.165, 1.54) is 12.4 Å². The van der Waals surface area contributed by atoms with E-state index in [-0.39, 0.29) is 6.54 Å². The quantitative estimate of drug-likeness (QED) is 0.670. The van der Waals surface area contributed by atoms with Crippen LogP contribution in [0.2, 0.25) is 0 Å². The molecule has 0 amide bonds. The van der Waals surface area contributed by atoms with Crippen molar-refractivity contribution in [1.29, 1.82) is 0 Å². The summed E-state index contributed by atoms with van der Waals surface area (Å²) in [6, 6.07) is 0. The molecule has 3 nitrogen and oxygen atoms in total. The summed E-state index contributed by atoms with van der Waals surface area (Å²) >= 11 is 0. The molecule has 0 spiro atoms. The number of hydrogen-bond acceptors (Lipinski definition) is 2. The van der Waals surface area contributed by atoms with Gasteiger partial charge in [-0.05, 0) is 0 Å². The summed E-state index contributed by atoms with van der Waals surface area (Å²) in [5.74, 6) is 0. The van der Waals surface area contributed by atoms with Gasteiger partial charge in [0.05, 0.1) is 6.20 Å². The first-order valence-corrected chi connectivity index (χ1v) is 2.75. The second-order valence-electron chi connectivity index (χ2n) is 1.81. The van der Waals surface area contributed by atoms with Crippen molar-refractivity contribution in [2.75, 3.05) is 0 Å². The highest BCUT2D eigenvalue weighted by molar-refractivity contribution is 5.02. The fourth-order valence-electron chi connectivity index (χ4n) is 0.590. The number of halogens is 2. The highest BCUT2D eigenvalue weighted by Crippen LogP contribution is 2.08. The predicted molar refractivity (Wildman–Crippen MR) is 31.4 cm³/mol. The molecule has 0 aliphatic rings. The lowest BCUT2D eigenvalue weighted by molar-refractivity contribution is 0.0565. The van der Waals surface area contributed by atoms with Gasteiger partial charge in [-0.15, -0.1) is 0 Å². The maximum absolute atomic E-state index is 11.8.